The molecule has 3 aromatic rings. The van der Waals surface area contributed by atoms with E-state index in [9.17, 15) is 14.0 Å². The van der Waals surface area contributed by atoms with Crippen LogP contribution in [0.15, 0.2) is 48.9 Å². The van der Waals surface area contributed by atoms with Crippen molar-refractivity contribution in [3.63, 3.8) is 0 Å². The van der Waals surface area contributed by atoms with Gasteiger partial charge in [0.1, 0.15) is 17.1 Å². The van der Waals surface area contributed by atoms with Gasteiger partial charge in [0, 0.05) is 24.8 Å². The number of pyridine rings is 1. The number of nitrogens with zero attached hydrogens (tertiary/aromatic N) is 4. The van der Waals surface area contributed by atoms with E-state index < -0.39 is 23.5 Å². The molecule has 0 bridgehead atoms. The summed E-state index contributed by atoms with van der Waals surface area (Å²) >= 11 is 0. The van der Waals surface area contributed by atoms with Gasteiger partial charge in [-0.15, -0.1) is 0 Å². The molecule has 0 spiro atoms. The van der Waals surface area contributed by atoms with Crippen molar-refractivity contribution < 1.29 is 23.5 Å². The number of rotatable bonds is 5. The maximum atomic E-state index is 13.3. The molecule has 1 aliphatic heterocycles. The van der Waals surface area contributed by atoms with Crippen LogP contribution in [0.3, 0.4) is 0 Å². The first kappa shape index (κ1) is 25.0. The summed E-state index contributed by atoms with van der Waals surface area (Å²) in [5.74, 6) is -0.458. The van der Waals surface area contributed by atoms with Crippen LogP contribution in [0.2, 0.25) is 0 Å². The lowest BCUT2D eigenvalue weighted by molar-refractivity contribution is 0.0635. The predicted molar refractivity (Wildman–Crippen MR) is 133 cm³/mol. The molecule has 2 aromatic heterocycles. The summed E-state index contributed by atoms with van der Waals surface area (Å²) < 4.78 is 24.0. The maximum absolute atomic E-state index is 13.3. The normalized spacial score (nSPS) is 13.7. The van der Waals surface area contributed by atoms with Crippen molar-refractivity contribution in [3.8, 4) is 11.1 Å². The maximum Gasteiger partial charge on any atom is 0.412 e. The van der Waals surface area contributed by atoms with Crippen LogP contribution in [0, 0.1) is 5.95 Å². The quantitative estimate of drug-likeness (QED) is 0.509. The Morgan fingerprint density at radius 1 is 0.944 bits per heavy atom. The van der Waals surface area contributed by atoms with Crippen LogP contribution < -0.4 is 15.5 Å². The lowest BCUT2D eigenvalue weighted by Crippen LogP contribution is -2.36. The van der Waals surface area contributed by atoms with Gasteiger partial charge in [-0.2, -0.15) is 4.39 Å². The monoisotopic (exact) mass is 494 g/mol. The Balaban J connectivity index is 1.57. The van der Waals surface area contributed by atoms with Gasteiger partial charge in [0.25, 0.3) is 5.91 Å². The van der Waals surface area contributed by atoms with Gasteiger partial charge in [-0.25, -0.2) is 19.7 Å². The molecule has 0 saturated carbocycles. The molecule has 10 nitrogen and oxygen atoms in total. The van der Waals surface area contributed by atoms with E-state index in [1.807, 2.05) is 4.90 Å². The Morgan fingerprint density at radius 2 is 1.69 bits per heavy atom. The van der Waals surface area contributed by atoms with Crippen LogP contribution in [-0.4, -0.2) is 58.9 Å². The molecule has 0 atom stereocenters. The third-order valence-corrected chi connectivity index (χ3v) is 5.17. The second-order valence-corrected chi connectivity index (χ2v) is 9.07. The number of benzene rings is 1. The number of hydrogen-bond acceptors (Lipinski definition) is 8. The molecular formula is C25H27FN6O4. The number of morpholine rings is 1. The molecular weight excluding hydrogens is 467 g/mol. The second kappa shape index (κ2) is 10.6. The van der Waals surface area contributed by atoms with Gasteiger partial charge in [-0.05, 0) is 50.6 Å². The Bertz CT molecular complexity index is 1220. The number of carbonyl (C=O) groups is 2. The minimum absolute atomic E-state index is 0.101. The van der Waals surface area contributed by atoms with Gasteiger partial charge >= 0.3 is 6.09 Å². The van der Waals surface area contributed by atoms with Crippen molar-refractivity contribution in [2.45, 2.75) is 26.4 Å². The zero-order valence-corrected chi connectivity index (χ0v) is 20.2. The lowest BCUT2D eigenvalue weighted by Gasteiger charge is -2.27. The third-order valence-electron chi connectivity index (χ3n) is 5.17. The Labute approximate surface area is 207 Å². The summed E-state index contributed by atoms with van der Waals surface area (Å²) in [7, 11) is 0. The molecule has 0 aliphatic carbocycles. The van der Waals surface area contributed by atoms with Gasteiger partial charge in [-0.1, -0.05) is 6.07 Å². The van der Waals surface area contributed by atoms with Crippen molar-refractivity contribution in [2.75, 3.05) is 41.8 Å². The highest BCUT2D eigenvalue weighted by Gasteiger charge is 2.20. The van der Waals surface area contributed by atoms with E-state index in [1.54, 1.807) is 51.2 Å². The second-order valence-electron chi connectivity index (χ2n) is 9.07. The molecule has 0 unspecified atom stereocenters. The molecule has 1 aromatic carbocycles. The molecule has 188 valence electrons. The van der Waals surface area contributed by atoms with Crippen molar-refractivity contribution in [1.29, 1.82) is 0 Å². The van der Waals surface area contributed by atoms with E-state index in [2.05, 4.69) is 25.6 Å². The Morgan fingerprint density at radius 3 is 2.33 bits per heavy atom. The standard InChI is InChI=1S/C25H27FN6O4/c1-25(2,3)36-24(34)31-18-6-4-16(17-5-7-21(26)28-13-17)12-19(18)30-23(33)20-14-29-22(15-27-20)32-8-10-35-11-9-32/h4-7,12-15H,8-11H2,1-3H3,(H,30,33)(H,31,34). The SMILES string of the molecule is CC(C)(C)OC(=O)Nc1ccc(-c2ccc(F)nc2)cc1NC(=O)c1cnc(N2CCOCC2)cn1. The highest BCUT2D eigenvalue weighted by molar-refractivity contribution is 6.06. The minimum Gasteiger partial charge on any atom is -0.444 e. The lowest BCUT2D eigenvalue weighted by atomic mass is 10.1. The van der Waals surface area contributed by atoms with Crippen LogP contribution in [-0.2, 0) is 9.47 Å². The fraction of sp³-hybridized carbons (Fsp3) is 0.320. The highest BCUT2D eigenvalue weighted by Crippen LogP contribution is 2.30. The molecule has 1 saturated heterocycles. The van der Waals surface area contributed by atoms with Crippen molar-refractivity contribution in [3.05, 3.63) is 60.6 Å². The van der Waals surface area contributed by atoms with E-state index in [1.165, 1.54) is 18.5 Å². The van der Waals surface area contributed by atoms with E-state index in [0.29, 0.717) is 54.6 Å². The number of amides is 2. The fourth-order valence-corrected chi connectivity index (χ4v) is 3.48. The molecule has 0 radical (unpaired) electrons. The Hall–Kier alpha value is -4.12. The average molecular weight is 495 g/mol. The van der Waals surface area contributed by atoms with Crippen LogP contribution in [0.4, 0.5) is 26.4 Å². The van der Waals surface area contributed by atoms with Crippen LogP contribution in [0.25, 0.3) is 11.1 Å². The summed E-state index contributed by atoms with van der Waals surface area (Å²) in [6.07, 6.45) is 3.65. The number of carbonyl (C=O) groups excluding carboxylic acids is 2. The van der Waals surface area contributed by atoms with Crippen LogP contribution in [0.1, 0.15) is 31.3 Å². The average Bonchev–Trinajstić information content (AvgIpc) is 2.85. The largest absolute Gasteiger partial charge is 0.444 e. The number of nitrogens with one attached hydrogen (secondary N) is 2. The number of anilines is 3. The first-order chi connectivity index (χ1) is 17.2. The molecule has 2 N–H and O–H groups in total. The fourth-order valence-electron chi connectivity index (χ4n) is 3.48. The molecule has 2 amide bonds. The van der Waals surface area contributed by atoms with Gasteiger partial charge in [0.2, 0.25) is 5.95 Å². The molecule has 36 heavy (non-hydrogen) atoms. The number of halogens is 1. The Kier molecular flexibility index (Phi) is 7.39. The first-order valence-electron chi connectivity index (χ1n) is 11.4. The number of aromatic nitrogens is 3. The van der Waals surface area contributed by atoms with Gasteiger partial charge in [0.05, 0.1) is 37.0 Å². The summed E-state index contributed by atoms with van der Waals surface area (Å²) in [6, 6.07) is 7.79. The first-order valence-corrected chi connectivity index (χ1v) is 11.4. The van der Waals surface area contributed by atoms with Gasteiger partial charge < -0.3 is 19.7 Å². The van der Waals surface area contributed by atoms with E-state index in [4.69, 9.17) is 9.47 Å². The molecule has 1 fully saturated rings. The van der Waals surface area contributed by atoms with Crippen molar-refractivity contribution in [1.82, 2.24) is 15.0 Å². The van der Waals surface area contributed by atoms with Gasteiger partial charge in [0.15, 0.2) is 0 Å². The predicted octanol–water partition coefficient (Wildman–Crippen LogP) is 4.11. The summed E-state index contributed by atoms with van der Waals surface area (Å²) in [6.45, 7) is 7.86. The number of hydrogen-bond donors (Lipinski definition) is 2. The smallest absolute Gasteiger partial charge is 0.412 e. The van der Waals surface area contributed by atoms with Gasteiger partial charge in [-0.3, -0.25) is 10.1 Å². The summed E-state index contributed by atoms with van der Waals surface area (Å²) in [5.41, 5.74) is 1.29. The molecule has 3 heterocycles. The van der Waals surface area contributed by atoms with Crippen LogP contribution >= 0.6 is 0 Å². The van der Waals surface area contributed by atoms with Crippen LogP contribution in [0.5, 0.6) is 0 Å². The summed E-state index contributed by atoms with van der Waals surface area (Å²) in [4.78, 5) is 39.7. The minimum atomic E-state index is -0.703. The third kappa shape index (κ3) is 6.51. The van der Waals surface area contributed by atoms with E-state index in [0.717, 1.165) is 0 Å². The zero-order chi connectivity index (χ0) is 25.7. The highest BCUT2D eigenvalue weighted by atomic mass is 19.1. The zero-order valence-electron chi connectivity index (χ0n) is 20.2. The van der Waals surface area contributed by atoms with E-state index in [-0.39, 0.29) is 5.69 Å². The van der Waals surface area contributed by atoms with Crippen molar-refractivity contribution in [2.24, 2.45) is 0 Å². The molecule has 4 rings (SSSR count). The molecule has 11 heteroatoms. The van der Waals surface area contributed by atoms with Crippen molar-refractivity contribution >= 4 is 29.2 Å². The summed E-state index contributed by atoms with van der Waals surface area (Å²) in [5, 5.41) is 5.43. The van der Waals surface area contributed by atoms with E-state index >= 15 is 0 Å². The molecule has 1 aliphatic rings. The topological polar surface area (TPSA) is 119 Å². The number of ether oxygens (including phenoxy) is 2.